The molecular weight excluding hydrogens is 251 g/mol. The number of nitrogens with one attached hydrogen (secondary N) is 1. The lowest BCUT2D eigenvalue weighted by Crippen LogP contribution is -2.29. The van der Waals surface area contributed by atoms with Crippen LogP contribution >= 0.6 is 0 Å². The number of para-hydroxylation sites is 1. The molecule has 1 heterocycles. The van der Waals surface area contributed by atoms with Crippen LogP contribution in [0.15, 0.2) is 34.7 Å². The number of benzene rings is 1. The molecule has 0 spiro atoms. The summed E-state index contributed by atoms with van der Waals surface area (Å²) in [7, 11) is 0. The van der Waals surface area contributed by atoms with Crippen LogP contribution in [0, 0.1) is 12.7 Å². The number of nitrogens with two attached hydrogens (primary N) is 1. The van der Waals surface area contributed by atoms with Gasteiger partial charge < -0.3 is 9.15 Å². The summed E-state index contributed by atoms with van der Waals surface area (Å²) >= 11 is 0. The summed E-state index contributed by atoms with van der Waals surface area (Å²) in [6.45, 7) is 1.79. The molecule has 0 bridgehead atoms. The Balaban J connectivity index is 2.10. The third-order valence-corrected chi connectivity index (χ3v) is 2.60. The second kappa shape index (κ2) is 5.53. The normalized spacial score (nSPS) is 10.3. The molecule has 6 heteroatoms. The minimum atomic E-state index is -0.528. The summed E-state index contributed by atoms with van der Waals surface area (Å²) in [5.41, 5.74) is 2.63. The lowest BCUT2D eigenvalue weighted by Gasteiger charge is -2.05. The van der Waals surface area contributed by atoms with E-state index in [0.29, 0.717) is 11.3 Å². The van der Waals surface area contributed by atoms with Crippen molar-refractivity contribution < 1.29 is 18.3 Å². The van der Waals surface area contributed by atoms with Crippen molar-refractivity contribution in [2.75, 3.05) is 0 Å². The molecule has 0 aliphatic carbocycles. The Morgan fingerprint density at radius 3 is 2.89 bits per heavy atom. The predicted octanol–water partition coefficient (Wildman–Crippen LogP) is 1.91. The smallest absolute Gasteiger partial charge is 0.300 e. The molecule has 0 saturated heterocycles. The van der Waals surface area contributed by atoms with E-state index >= 15 is 0 Å². The number of amides is 1. The van der Waals surface area contributed by atoms with Gasteiger partial charge in [-0.25, -0.2) is 10.2 Å². The molecule has 100 valence electrons. The number of hydrogen-bond donors (Lipinski definition) is 2. The highest BCUT2D eigenvalue weighted by atomic mass is 19.1. The molecular formula is C13H13FN2O3. The highest BCUT2D eigenvalue weighted by molar-refractivity contribution is 5.91. The van der Waals surface area contributed by atoms with Crippen LogP contribution in [0.2, 0.25) is 0 Å². The molecule has 0 atom stereocenters. The predicted molar refractivity (Wildman–Crippen MR) is 65.8 cm³/mol. The zero-order valence-corrected chi connectivity index (χ0v) is 10.3. The van der Waals surface area contributed by atoms with Gasteiger partial charge in [0.25, 0.3) is 0 Å². The number of aryl methyl sites for hydroxylation is 1. The second-order valence-corrected chi connectivity index (χ2v) is 3.88. The van der Waals surface area contributed by atoms with Crippen molar-refractivity contribution >= 4 is 5.91 Å². The molecule has 0 unspecified atom stereocenters. The van der Waals surface area contributed by atoms with Gasteiger partial charge in [0.05, 0.1) is 0 Å². The standard InChI is InChI=1S/C13H13FN2O3/c1-8-9(6-12(19-8)13(17)16-15)7-18-11-5-3-2-4-10(11)14/h2-6H,7,15H2,1H3,(H,16,17). The highest BCUT2D eigenvalue weighted by Gasteiger charge is 2.14. The van der Waals surface area contributed by atoms with Gasteiger partial charge in [0.2, 0.25) is 0 Å². The van der Waals surface area contributed by atoms with E-state index in [1.807, 2.05) is 5.43 Å². The van der Waals surface area contributed by atoms with E-state index in [9.17, 15) is 9.18 Å². The molecule has 1 aromatic heterocycles. The van der Waals surface area contributed by atoms with E-state index in [0.717, 1.165) is 0 Å². The molecule has 0 fully saturated rings. The van der Waals surface area contributed by atoms with Crippen LogP contribution in [-0.2, 0) is 6.61 Å². The molecule has 0 radical (unpaired) electrons. The highest BCUT2D eigenvalue weighted by Crippen LogP contribution is 2.20. The van der Waals surface area contributed by atoms with E-state index in [4.69, 9.17) is 15.0 Å². The Morgan fingerprint density at radius 2 is 2.21 bits per heavy atom. The Hall–Kier alpha value is -2.34. The maximum absolute atomic E-state index is 13.4. The molecule has 5 nitrogen and oxygen atoms in total. The Kier molecular flexibility index (Phi) is 3.82. The third kappa shape index (κ3) is 2.92. The molecule has 1 amide bonds. The zero-order valence-electron chi connectivity index (χ0n) is 10.3. The van der Waals surface area contributed by atoms with Crippen LogP contribution in [0.1, 0.15) is 21.9 Å². The van der Waals surface area contributed by atoms with Crippen LogP contribution in [0.5, 0.6) is 5.75 Å². The van der Waals surface area contributed by atoms with Crippen molar-refractivity contribution in [1.82, 2.24) is 5.43 Å². The summed E-state index contributed by atoms with van der Waals surface area (Å²) in [6, 6.07) is 7.60. The van der Waals surface area contributed by atoms with Crippen molar-refractivity contribution in [1.29, 1.82) is 0 Å². The number of carbonyl (C=O) groups is 1. The molecule has 0 saturated carbocycles. The van der Waals surface area contributed by atoms with Gasteiger partial charge in [0.15, 0.2) is 17.3 Å². The van der Waals surface area contributed by atoms with Gasteiger partial charge in [-0.1, -0.05) is 12.1 Å². The third-order valence-electron chi connectivity index (χ3n) is 2.60. The fourth-order valence-electron chi connectivity index (χ4n) is 1.56. The summed E-state index contributed by atoms with van der Waals surface area (Å²) in [5.74, 6) is 4.80. The van der Waals surface area contributed by atoms with Crippen molar-refractivity contribution in [2.24, 2.45) is 5.84 Å². The van der Waals surface area contributed by atoms with E-state index in [1.165, 1.54) is 18.2 Å². The van der Waals surface area contributed by atoms with Crippen LogP contribution < -0.4 is 16.0 Å². The van der Waals surface area contributed by atoms with Gasteiger partial charge in [0, 0.05) is 5.56 Å². The summed E-state index contributed by atoms with van der Waals surface area (Å²) in [6.07, 6.45) is 0. The topological polar surface area (TPSA) is 77.5 Å². The number of hydrogen-bond acceptors (Lipinski definition) is 4. The van der Waals surface area contributed by atoms with E-state index in [1.54, 1.807) is 19.1 Å². The number of hydrazine groups is 1. The zero-order chi connectivity index (χ0) is 13.8. The first kappa shape index (κ1) is 13.1. The average molecular weight is 264 g/mol. The molecule has 0 aliphatic rings. The fourth-order valence-corrected chi connectivity index (χ4v) is 1.56. The van der Waals surface area contributed by atoms with Gasteiger partial charge in [-0.05, 0) is 25.1 Å². The first-order valence-corrected chi connectivity index (χ1v) is 5.59. The fraction of sp³-hybridized carbons (Fsp3) is 0.154. The van der Waals surface area contributed by atoms with Gasteiger partial charge in [-0.2, -0.15) is 0 Å². The average Bonchev–Trinajstić information content (AvgIpc) is 2.78. The number of furan rings is 1. The maximum atomic E-state index is 13.4. The summed E-state index contributed by atoms with van der Waals surface area (Å²) in [4.78, 5) is 11.3. The van der Waals surface area contributed by atoms with Gasteiger partial charge in [0.1, 0.15) is 12.4 Å². The summed E-state index contributed by atoms with van der Waals surface area (Å²) in [5, 5.41) is 0. The van der Waals surface area contributed by atoms with E-state index < -0.39 is 11.7 Å². The molecule has 3 N–H and O–H groups in total. The van der Waals surface area contributed by atoms with Crippen molar-refractivity contribution in [3.05, 3.63) is 53.2 Å². The van der Waals surface area contributed by atoms with Gasteiger partial charge in [-0.3, -0.25) is 10.2 Å². The van der Waals surface area contributed by atoms with Crippen molar-refractivity contribution in [2.45, 2.75) is 13.5 Å². The minimum Gasteiger partial charge on any atom is -0.486 e. The number of halogens is 1. The number of nitrogen functional groups attached to an aromatic ring is 1. The Morgan fingerprint density at radius 1 is 1.47 bits per heavy atom. The van der Waals surface area contributed by atoms with Crippen molar-refractivity contribution in [3.8, 4) is 5.75 Å². The SMILES string of the molecule is Cc1oc(C(=O)NN)cc1COc1ccccc1F. The Bertz CT molecular complexity index is 595. The first-order chi connectivity index (χ1) is 9.11. The minimum absolute atomic E-state index is 0.0899. The number of ether oxygens (including phenoxy) is 1. The number of rotatable bonds is 4. The van der Waals surface area contributed by atoms with E-state index in [2.05, 4.69) is 0 Å². The number of carbonyl (C=O) groups excluding carboxylic acids is 1. The van der Waals surface area contributed by atoms with Crippen LogP contribution in [0.3, 0.4) is 0 Å². The van der Waals surface area contributed by atoms with Gasteiger partial charge in [-0.15, -0.1) is 0 Å². The molecule has 1 aromatic carbocycles. The summed E-state index contributed by atoms with van der Waals surface area (Å²) < 4.78 is 23.9. The first-order valence-electron chi connectivity index (χ1n) is 5.59. The molecule has 2 aromatic rings. The second-order valence-electron chi connectivity index (χ2n) is 3.88. The maximum Gasteiger partial charge on any atom is 0.300 e. The van der Waals surface area contributed by atoms with Crippen LogP contribution in [0.25, 0.3) is 0 Å². The van der Waals surface area contributed by atoms with E-state index in [-0.39, 0.29) is 18.1 Å². The molecule has 0 aliphatic heterocycles. The van der Waals surface area contributed by atoms with Gasteiger partial charge >= 0.3 is 5.91 Å². The monoisotopic (exact) mass is 264 g/mol. The van der Waals surface area contributed by atoms with Crippen LogP contribution in [0.4, 0.5) is 4.39 Å². The molecule has 2 rings (SSSR count). The lowest BCUT2D eigenvalue weighted by atomic mass is 10.2. The molecule has 19 heavy (non-hydrogen) atoms. The van der Waals surface area contributed by atoms with Crippen molar-refractivity contribution in [3.63, 3.8) is 0 Å². The largest absolute Gasteiger partial charge is 0.486 e. The quantitative estimate of drug-likeness (QED) is 0.502. The Labute approximate surface area is 109 Å². The van der Waals surface area contributed by atoms with Crippen LogP contribution in [-0.4, -0.2) is 5.91 Å². The lowest BCUT2D eigenvalue weighted by molar-refractivity contribution is 0.0924.